The van der Waals surface area contributed by atoms with Crippen LogP contribution in [0.25, 0.3) is 0 Å². The molecule has 0 spiro atoms. The van der Waals surface area contributed by atoms with Crippen LogP contribution in [0.15, 0.2) is 24.5 Å². The van der Waals surface area contributed by atoms with Crippen molar-refractivity contribution in [2.45, 2.75) is 38.6 Å². The first-order valence-corrected chi connectivity index (χ1v) is 7.90. The molecule has 1 unspecified atom stereocenters. The first kappa shape index (κ1) is 13.4. The molecule has 1 aliphatic heterocycles. The number of nitrogens with one attached hydrogen (secondary N) is 1. The SMILES string of the molecule is Cc1ccc(CC(=O)N2CCCCC2c2ncc[nH]2)s1. The van der Waals surface area contributed by atoms with E-state index in [2.05, 4.69) is 29.0 Å². The number of carbonyl (C=O) groups is 1. The van der Waals surface area contributed by atoms with Crippen molar-refractivity contribution < 1.29 is 4.79 Å². The molecule has 0 bridgehead atoms. The fourth-order valence-electron chi connectivity index (χ4n) is 2.80. The molecule has 2 aromatic rings. The van der Waals surface area contributed by atoms with Gasteiger partial charge in [-0.2, -0.15) is 0 Å². The predicted octanol–water partition coefficient (Wildman–Crippen LogP) is 3.08. The molecule has 0 radical (unpaired) electrons. The average Bonchev–Trinajstić information content (AvgIpc) is 3.10. The summed E-state index contributed by atoms with van der Waals surface area (Å²) in [6, 6.07) is 4.25. The molecule has 1 fully saturated rings. The molecule has 5 heteroatoms. The first-order valence-electron chi connectivity index (χ1n) is 7.08. The fraction of sp³-hybridized carbons (Fsp3) is 0.467. The number of nitrogens with zero attached hydrogens (tertiary/aromatic N) is 2. The molecule has 4 nitrogen and oxygen atoms in total. The van der Waals surface area contributed by atoms with Gasteiger partial charge in [0.15, 0.2) is 0 Å². The smallest absolute Gasteiger partial charge is 0.228 e. The molecule has 1 saturated heterocycles. The lowest BCUT2D eigenvalue weighted by molar-refractivity contribution is -0.134. The van der Waals surface area contributed by atoms with Gasteiger partial charge in [-0.1, -0.05) is 0 Å². The minimum atomic E-state index is 0.118. The number of likely N-dealkylation sites (tertiary alicyclic amines) is 1. The summed E-state index contributed by atoms with van der Waals surface area (Å²) in [6.07, 6.45) is 7.35. The molecule has 1 amide bonds. The number of hydrogen-bond acceptors (Lipinski definition) is 3. The van der Waals surface area contributed by atoms with Crippen molar-refractivity contribution in [3.05, 3.63) is 40.1 Å². The molecule has 2 aromatic heterocycles. The van der Waals surface area contributed by atoms with Gasteiger partial charge >= 0.3 is 0 Å². The highest BCUT2D eigenvalue weighted by atomic mass is 32.1. The highest BCUT2D eigenvalue weighted by Gasteiger charge is 2.29. The molecule has 20 heavy (non-hydrogen) atoms. The number of aromatic amines is 1. The minimum absolute atomic E-state index is 0.118. The van der Waals surface area contributed by atoms with Crippen molar-refractivity contribution in [1.29, 1.82) is 0 Å². The molecular weight excluding hydrogens is 270 g/mol. The van der Waals surface area contributed by atoms with E-state index in [9.17, 15) is 4.79 Å². The van der Waals surface area contributed by atoms with E-state index in [1.807, 2.05) is 11.1 Å². The fourth-order valence-corrected chi connectivity index (χ4v) is 3.69. The van der Waals surface area contributed by atoms with Crippen LogP contribution < -0.4 is 0 Å². The van der Waals surface area contributed by atoms with E-state index in [1.165, 1.54) is 4.88 Å². The van der Waals surface area contributed by atoms with Gasteiger partial charge in [-0.15, -0.1) is 11.3 Å². The number of thiophene rings is 1. The number of amides is 1. The van der Waals surface area contributed by atoms with Crippen LogP contribution in [0.2, 0.25) is 0 Å². The summed E-state index contributed by atoms with van der Waals surface area (Å²) in [7, 11) is 0. The van der Waals surface area contributed by atoms with Crippen molar-refractivity contribution in [3.63, 3.8) is 0 Å². The van der Waals surface area contributed by atoms with Crippen molar-refractivity contribution in [2.75, 3.05) is 6.54 Å². The Balaban J connectivity index is 1.74. The third kappa shape index (κ3) is 2.77. The van der Waals surface area contributed by atoms with Crippen LogP contribution in [0.1, 0.15) is 40.9 Å². The lowest BCUT2D eigenvalue weighted by Gasteiger charge is -2.34. The van der Waals surface area contributed by atoms with E-state index in [1.54, 1.807) is 17.5 Å². The normalized spacial score (nSPS) is 19.2. The Labute approximate surface area is 122 Å². The summed E-state index contributed by atoms with van der Waals surface area (Å²) >= 11 is 1.71. The minimum Gasteiger partial charge on any atom is -0.347 e. The summed E-state index contributed by atoms with van der Waals surface area (Å²) in [6.45, 7) is 2.92. The number of aryl methyl sites for hydroxylation is 1. The molecule has 0 saturated carbocycles. The molecule has 1 N–H and O–H groups in total. The van der Waals surface area contributed by atoms with Gasteiger partial charge in [0.1, 0.15) is 5.82 Å². The van der Waals surface area contributed by atoms with Gasteiger partial charge in [0.05, 0.1) is 12.5 Å². The second-order valence-electron chi connectivity index (χ2n) is 5.26. The van der Waals surface area contributed by atoms with Gasteiger partial charge < -0.3 is 9.88 Å². The Kier molecular flexibility index (Phi) is 3.87. The molecule has 1 aliphatic rings. The maximum atomic E-state index is 12.6. The van der Waals surface area contributed by atoms with E-state index in [0.717, 1.165) is 36.5 Å². The van der Waals surface area contributed by atoms with Crippen molar-refractivity contribution in [3.8, 4) is 0 Å². The monoisotopic (exact) mass is 289 g/mol. The van der Waals surface area contributed by atoms with Crippen LogP contribution in [0.3, 0.4) is 0 Å². The zero-order chi connectivity index (χ0) is 13.9. The van der Waals surface area contributed by atoms with Crippen molar-refractivity contribution >= 4 is 17.2 Å². The molecule has 1 atom stereocenters. The Bertz CT molecular complexity index is 576. The topological polar surface area (TPSA) is 49.0 Å². The van der Waals surface area contributed by atoms with Crippen LogP contribution in [0.4, 0.5) is 0 Å². The molecule has 106 valence electrons. The van der Waals surface area contributed by atoms with Crippen LogP contribution in [-0.4, -0.2) is 27.3 Å². The number of H-pyrrole nitrogens is 1. The second-order valence-corrected chi connectivity index (χ2v) is 6.63. The Morgan fingerprint density at radius 1 is 1.50 bits per heavy atom. The van der Waals surface area contributed by atoms with Crippen LogP contribution in [-0.2, 0) is 11.2 Å². The third-order valence-corrected chi connectivity index (χ3v) is 4.78. The number of piperidine rings is 1. The van der Waals surface area contributed by atoms with E-state index < -0.39 is 0 Å². The Hall–Kier alpha value is -1.62. The quantitative estimate of drug-likeness (QED) is 0.944. The van der Waals surface area contributed by atoms with Crippen molar-refractivity contribution in [2.24, 2.45) is 0 Å². The van der Waals surface area contributed by atoms with Crippen molar-refractivity contribution in [1.82, 2.24) is 14.9 Å². The highest BCUT2D eigenvalue weighted by Crippen LogP contribution is 2.29. The zero-order valence-electron chi connectivity index (χ0n) is 11.6. The summed E-state index contributed by atoms with van der Waals surface area (Å²) < 4.78 is 0. The van der Waals surface area contributed by atoms with E-state index in [-0.39, 0.29) is 11.9 Å². The maximum absolute atomic E-state index is 12.6. The standard InChI is InChI=1S/C15H19N3OS/c1-11-5-6-12(20-11)10-14(19)18-9-3-2-4-13(18)15-16-7-8-17-15/h5-8,13H,2-4,9-10H2,1H3,(H,16,17). The zero-order valence-corrected chi connectivity index (χ0v) is 12.4. The Morgan fingerprint density at radius 3 is 3.10 bits per heavy atom. The first-order chi connectivity index (χ1) is 9.74. The molecular formula is C15H19N3OS. The van der Waals surface area contributed by atoms with Gasteiger partial charge in [0.25, 0.3) is 0 Å². The van der Waals surface area contributed by atoms with E-state index >= 15 is 0 Å². The summed E-state index contributed by atoms with van der Waals surface area (Å²) in [4.78, 5) is 24.5. The largest absolute Gasteiger partial charge is 0.347 e. The molecule has 3 heterocycles. The van der Waals surface area contributed by atoms with Crippen LogP contribution in [0.5, 0.6) is 0 Å². The predicted molar refractivity (Wildman–Crippen MR) is 79.7 cm³/mol. The van der Waals surface area contributed by atoms with Crippen LogP contribution in [0, 0.1) is 6.92 Å². The van der Waals surface area contributed by atoms with E-state index in [0.29, 0.717) is 6.42 Å². The Morgan fingerprint density at radius 2 is 2.40 bits per heavy atom. The second kappa shape index (κ2) is 5.79. The van der Waals surface area contributed by atoms with Gasteiger partial charge in [-0.25, -0.2) is 4.98 Å². The number of aromatic nitrogens is 2. The van der Waals surface area contributed by atoms with Gasteiger partial charge in [0.2, 0.25) is 5.91 Å². The molecule has 3 rings (SSSR count). The van der Waals surface area contributed by atoms with Gasteiger partial charge in [-0.05, 0) is 38.3 Å². The van der Waals surface area contributed by atoms with E-state index in [4.69, 9.17) is 0 Å². The lowest BCUT2D eigenvalue weighted by atomic mass is 10.0. The third-order valence-electron chi connectivity index (χ3n) is 3.78. The highest BCUT2D eigenvalue weighted by molar-refractivity contribution is 7.12. The molecule has 0 aliphatic carbocycles. The summed E-state index contributed by atoms with van der Waals surface area (Å²) in [5.41, 5.74) is 0. The number of carbonyl (C=O) groups excluding carboxylic acids is 1. The lowest BCUT2D eigenvalue weighted by Crippen LogP contribution is -2.39. The number of imidazole rings is 1. The summed E-state index contributed by atoms with van der Waals surface area (Å²) in [5, 5.41) is 0. The maximum Gasteiger partial charge on any atom is 0.228 e. The van der Waals surface area contributed by atoms with Gasteiger partial charge in [-0.3, -0.25) is 4.79 Å². The average molecular weight is 289 g/mol. The summed E-state index contributed by atoms with van der Waals surface area (Å²) in [5.74, 6) is 1.13. The number of rotatable bonds is 3. The van der Waals surface area contributed by atoms with Gasteiger partial charge in [0, 0.05) is 28.7 Å². The van der Waals surface area contributed by atoms with Crippen LogP contribution >= 0.6 is 11.3 Å². The number of hydrogen-bond donors (Lipinski definition) is 1. The molecule has 0 aromatic carbocycles.